The highest BCUT2D eigenvalue weighted by atomic mass is 19.1. The summed E-state index contributed by atoms with van der Waals surface area (Å²) in [5.41, 5.74) is 2.22. The van der Waals surface area contributed by atoms with Gasteiger partial charge in [0, 0.05) is 25.0 Å². The van der Waals surface area contributed by atoms with Gasteiger partial charge in [0.05, 0.1) is 6.54 Å². The standard InChI is InChI=1S/C21H21FN4O2/c1-14-3-5-16(6-4-14)21(28)24-13-18(27)25-19(20-23-11-12-26(20)2)15-7-9-17(22)10-8-15/h3-12,19H,13H2,1-2H3,(H,24,28)(H,25,27)/t19-/m1/s1. The molecule has 0 aliphatic rings. The zero-order valence-electron chi connectivity index (χ0n) is 15.6. The maximum absolute atomic E-state index is 13.3. The first-order chi connectivity index (χ1) is 13.4. The third kappa shape index (κ3) is 4.62. The number of nitrogens with one attached hydrogen (secondary N) is 2. The van der Waals surface area contributed by atoms with Crippen LogP contribution in [-0.2, 0) is 11.8 Å². The van der Waals surface area contributed by atoms with Gasteiger partial charge in [-0.1, -0.05) is 29.8 Å². The fourth-order valence-electron chi connectivity index (χ4n) is 2.79. The number of nitrogens with zero attached hydrogens (tertiary/aromatic N) is 2. The molecule has 144 valence electrons. The highest BCUT2D eigenvalue weighted by Gasteiger charge is 2.21. The van der Waals surface area contributed by atoms with Crippen LogP contribution in [0.3, 0.4) is 0 Å². The Morgan fingerprint density at radius 2 is 1.79 bits per heavy atom. The maximum Gasteiger partial charge on any atom is 0.251 e. The Bertz CT molecular complexity index is 965. The Labute approximate surface area is 162 Å². The first-order valence-corrected chi connectivity index (χ1v) is 8.81. The second-order valence-electron chi connectivity index (χ2n) is 6.50. The molecular weight excluding hydrogens is 359 g/mol. The molecule has 1 heterocycles. The monoisotopic (exact) mass is 380 g/mol. The van der Waals surface area contributed by atoms with E-state index in [1.807, 2.05) is 26.1 Å². The van der Waals surface area contributed by atoms with Crippen molar-refractivity contribution in [3.05, 3.63) is 89.3 Å². The van der Waals surface area contributed by atoms with E-state index in [9.17, 15) is 14.0 Å². The quantitative estimate of drug-likeness (QED) is 0.690. The van der Waals surface area contributed by atoms with Crippen LogP contribution in [-0.4, -0.2) is 27.9 Å². The van der Waals surface area contributed by atoms with E-state index in [-0.39, 0.29) is 24.2 Å². The van der Waals surface area contributed by atoms with Crippen LogP contribution in [0, 0.1) is 12.7 Å². The van der Waals surface area contributed by atoms with E-state index in [1.54, 1.807) is 41.2 Å². The number of carbonyl (C=O) groups excluding carboxylic acids is 2. The summed E-state index contributed by atoms with van der Waals surface area (Å²) in [6.07, 6.45) is 3.38. The van der Waals surface area contributed by atoms with Gasteiger partial charge >= 0.3 is 0 Å². The van der Waals surface area contributed by atoms with Gasteiger partial charge in [0.15, 0.2) is 0 Å². The number of aromatic nitrogens is 2. The molecule has 3 aromatic rings. The molecular formula is C21H21FN4O2. The van der Waals surface area contributed by atoms with Crippen LogP contribution in [0.4, 0.5) is 4.39 Å². The minimum atomic E-state index is -0.565. The average molecular weight is 380 g/mol. The van der Waals surface area contributed by atoms with E-state index in [4.69, 9.17) is 0 Å². The number of hydrogen-bond acceptors (Lipinski definition) is 3. The van der Waals surface area contributed by atoms with Crippen molar-refractivity contribution in [1.29, 1.82) is 0 Å². The van der Waals surface area contributed by atoms with E-state index in [0.717, 1.165) is 5.56 Å². The van der Waals surface area contributed by atoms with Gasteiger partial charge in [0.25, 0.3) is 5.91 Å². The van der Waals surface area contributed by atoms with E-state index >= 15 is 0 Å². The van der Waals surface area contributed by atoms with Gasteiger partial charge in [-0.25, -0.2) is 9.37 Å². The lowest BCUT2D eigenvalue weighted by atomic mass is 10.1. The smallest absolute Gasteiger partial charge is 0.251 e. The van der Waals surface area contributed by atoms with Crippen molar-refractivity contribution >= 4 is 11.8 Å². The van der Waals surface area contributed by atoms with Crippen LogP contribution in [0.5, 0.6) is 0 Å². The molecule has 0 saturated carbocycles. The molecule has 0 bridgehead atoms. The Kier molecular flexibility index (Phi) is 5.84. The molecule has 0 radical (unpaired) electrons. The van der Waals surface area contributed by atoms with Gasteiger partial charge in [-0.15, -0.1) is 0 Å². The maximum atomic E-state index is 13.3. The van der Waals surface area contributed by atoms with E-state index in [0.29, 0.717) is 17.0 Å². The number of benzene rings is 2. The molecule has 0 aliphatic heterocycles. The minimum absolute atomic E-state index is 0.186. The Morgan fingerprint density at radius 3 is 2.39 bits per heavy atom. The molecule has 1 atom stereocenters. The fraction of sp³-hybridized carbons (Fsp3) is 0.190. The Balaban J connectivity index is 1.69. The molecule has 0 saturated heterocycles. The summed E-state index contributed by atoms with van der Waals surface area (Å²) in [6, 6.07) is 12.4. The number of amides is 2. The van der Waals surface area contributed by atoms with Crippen molar-refractivity contribution in [3.8, 4) is 0 Å². The van der Waals surface area contributed by atoms with Crippen LogP contribution in [0.1, 0.15) is 33.4 Å². The largest absolute Gasteiger partial charge is 0.343 e. The lowest BCUT2D eigenvalue weighted by molar-refractivity contribution is -0.120. The SMILES string of the molecule is Cc1ccc(C(=O)NCC(=O)N[C@H](c2ccc(F)cc2)c2nccn2C)cc1. The van der Waals surface area contributed by atoms with Crippen molar-refractivity contribution in [2.24, 2.45) is 7.05 Å². The molecule has 0 spiro atoms. The number of hydrogen-bond donors (Lipinski definition) is 2. The van der Waals surface area contributed by atoms with Crippen LogP contribution in [0.2, 0.25) is 0 Å². The van der Waals surface area contributed by atoms with Gasteiger partial charge in [0.1, 0.15) is 17.7 Å². The molecule has 0 fully saturated rings. The summed E-state index contributed by atoms with van der Waals surface area (Å²) in [7, 11) is 1.81. The van der Waals surface area contributed by atoms with Crippen LogP contribution in [0.15, 0.2) is 60.9 Å². The summed E-state index contributed by atoms with van der Waals surface area (Å²) in [5.74, 6) is -0.466. The predicted molar refractivity (Wildman–Crippen MR) is 103 cm³/mol. The first kappa shape index (κ1) is 19.3. The normalized spacial score (nSPS) is 11.7. The van der Waals surface area contributed by atoms with E-state index in [2.05, 4.69) is 15.6 Å². The lowest BCUT2D eigenvalue weighted by Gasteiger charge is -2.19. The number of carbonyl (C=O) groups is 2. The average Bonchev–Trinajstić information content (AvgIpc) is 3.11. The Hall–Kier alpha value is -3.48. The molecule has 2 aromatic carbocycles. The van der Waals surface area contributed by atoms with Crippen molar-refractivity contribution in [1.82, 2.24) is 20.2 Å². The minimum Gasteiger partial charge on any atom is -0.343 e. The summed E-state index contributed by atoms with van der Waals surface area (Å²) in [5, 5.41) is 5.46. The number of imidazole rings is 1. The topological polar surface area (TPSA) is 76.0 Å². The first-order valence-electron chi connectivity index (χ1n) is 8.81. The zero-order chi connectivity index (χ0) is 20.1. The molecule has 1 aromatic heterocycles. The summed E-state index contributed by atoms with van der Waals surface area (Å²) < 4.78 is 15.1. The van der Waals surface area contributed by atoms with E-state index in [1.165, 1.54) is 12.1 Å². The predicted octanol–water partition coefficient (Wildman–Crippen LogP) is 2.50. The summed E-state index contributed by atoms with van der Waals surface area (Å²) >= 11 is 0. The van der Waals surface area contributed by atoms with Crippen LogP contribution in [0.25, 0.3) is 0 Å². The molecule has 3 rings (SSSR count). The third-order valence-electron chi connectivity index (χ3n) is 4.35. The fourth-order valence-corrected chi connectivity index (χ4v) is 2.79. The highest BCUT2D eigenvalue weighted by Crippen LogP contribution is 2.20. The number of rotatable bonds is 6. The molecule has 0 unspecified atom stereocenters. The lowest BCUT2D eigenvalue weighted by Crippen LogP contribution is -2.39. The van der Waals surface area contributed by atoms with Crippen LogP contribution >= 0.6 is 0 Å². The van der Waals surface area contributed by atoms with Crippen LogP contribution < -0.4 is 10.6 Å². The molecule has 7 heteroatoms. The van der Waals surface area contributed by atoms with Gasteiger partial charge in [-0.3, -0.25) is 9.59 Å². The molecule has 28 heavy (non-hydrogen) atoms. The molecule has 2 amide bonds. The van der Waals surface area contributed by atoms with Gasteiger partial charge in [0.2, 0.25) is 5.91 Å². The zero-order valence-corrected chi connectivity index (χ0v) is 15.6. The molecule has 0 aliphatic carbocycles. The van der Waals surface area contributed by atoms with Crippen molar-refractivity contribution in [3.63, 3.8) is 0 Å². The van der Waals surface area contributed by atoms with E-state index < -0.39 is 6.04 Å². The highest BCUT2D eigenvalue weighted by molar-refractivity contribution is 5.96. The third-order valence-corrected chi connectivity index (χ3v) is 4.35. The summed E-state index contributed by atoms with van der Waals surface area (Å²) in [4.78, 5) is 28.9. The van der Waals surface area contributed by atoms with Crippen molar-refractivity contribution < 1.29 is 14.0 Å². The summed E-state index contributed by atoms with van der Waals surface area (Å²) in [6.45, 7) is 1.75. The van der Waals surface area contributed by atoms with Gasteiger partial charge in [-0.2, -0.15) is 0 Å². The number of aryl methyl sites for hydroxylation is 2. The second-order valence-corrected chi connectivity index (χ2v) is 6.50. The van der Waals surface area contributed by atoms with Crippen molar-refractivity contribution in [2.45, 2.75) is 13.0 Å². The Morgan fingerprint density at radius 1 is 1.11 bits per heavy atom. The van der Waals surface area contributed by atoms with Gasteiger partial charge < -0.3 is 15.2 Å². The second kappa shape index (κ2) is 8.47. The molecule has 2 N–H and O–H groups in total. The van der Waals surface area contributed by atoms with Crippen molar-refractivity contribution in [2.75, 3.05) is 6.54 Å². The number of halogens is 1. The van der Waals surface area contributed by atoms with Gasteiger partial charge in [-0.05, 0) is 36.8 Å². The molecule has 6 nitrogen and oxygen atoms in total.